The molecule has 1 fully saturated rings. The van der Waals surface area contributed by atoms with E-state index >= 15 is 0 Å². The topological polar surface area (TPSA) is 58.2 Å². The number of amides is 2. The summed E-state index contributed by atoms with van der Waals surface area (Å²) in [4.78, 5) is 23.1. The van der Waals surface area contributed by atoms with Crippen LogP contribution in [0, 0.1) is 11.7 Å². The van der Waals surface area contributed by atoms with E-state index in [0.717, 1.165) is 12.8 Å². The van der Waals surface area contributed by atoms with Gasteiger partial charge in [0.1, 0.15) is 5.82 Å². The van der Waals surface area contributed by atoms with E-state index < -0.39 is 5.82 Å². The van der Waals surface area contributed by atoms with E-state index in [-0.39, 0.29) is 27.8 Å². The van der Waals surface area contributed by atoms with Gasteiger partial charge in [-0.3, -0.25) is 9.59 Å². The van der Waals surface area contributed by atoms with Gasteiger partial charge < -0.3 is 10.6 Å². The molecule has 1 aliphatic rings. The average molecular weight is 329 g/mol. The predicted molar refractivity (Wildman–Crippen MR) is 72.2 cm³/mol. The third-order valence-corrected chi connectivity index (χ3v) is 3.66. The van der Waals surface area contributed by atoms with Crippen molar-refractivity contribution in [1.29, 1.82) is 0 Å². The maximum atomic E-state index is 13.2. The molecule has 0 spiro atoms. The Labute approximate surface area is 118 Å². The molecule has 102 valence electrons. The molecule has 19 heavy (non-hydrogen) atoms. The number of benzene rings is 1. The molecule has 1 aliphatic carbocycles. The zero-order valence-corrected chi connectivity index (χ0v) is 11.8. The fourth-order valence-corrected chi connectivity index (χ4v) is 2.07. The van der Waals surface area contributed by atoms with E-state index in [1.807, 2.05) is 0 Å². The number of nitrogens with one attached hydrogen (secondary N) is 2. The number of hydrogen-bond donors (Lipinski definition) is 2. The number of carbonyl (C=O) groups excluding carboxylic acids is 2. The largest absolute Gasteiger partial charge is 0.354 e. The van der Waals surface area contributed by atoms with Gasteiger partial charge in [0.15, 0.2) is 0 Å². The molecule has 6 heteroatoms. The van der Waals surface area contributed by atoms with Crippen LogP contribution in [0.3, 0.4) is 0 Å². The van der Waals surface area contributed by atoms with Crippen molar-refractivity contribution in [3.63, 3.8) is 0 Å². The van der Waals surface area contributed by atoms with Gasteiger partial charge in [0.05, 0.1) is 10.0 Å². The summed E-state index contributed by atoms with van der Waals surface area (Å²) in [5.74, 6) is -0.643. The summed E-state index contributed by atoms with van der Waals surface area (Å²) in [6.45, 7) is 0.703. The quantitative estimate of drug-likeness (QED) is 0.810. The molecular formula is C13H14BrFN2O2. The minimum absolute atomic E-state index is 0.0428. The van der Waals surface area contributed by atoms with Gasteiger partial charge in [0, 0.05) is 19.0 Å². The van der Waals surface area contributed by atoms with Crippen LogP contribution in [-0.4, -0.2) is 24.9 Å². The first kappa shape index (κ1) is 14.0. The van der Waals surface area contributed by atoms with Crippen LogP contribution in [0.5, 0.6) is 0 Å². The summed E-state index contributed by atoms with van der Waals surface area (Å²) in [5.41, 5.74) is 0.244. The summed E-state index contributed by atoms with van der Waals surface area (Å²) in [7, 11) is 0. The third-order valence-electron chi connectivity index (χ3n) is 2.85. The van der Waals surface area contributed by atoms with Crippen molar-refractivity contribution in [2.75, 3.05) is 13.1 Å². The second-order valence-electron chi connectivity index (χ2n) is 4.42. The molecule has 2 rings (SSSR count). The molecule has 1 aromatic carbocycles. The standard InChI is InChI=1S/C13H14BrFN2O2/c14-11-9(2-1-3-10(11)15)13(19)17-7-6-16-12(18)8-4-5-8/h1-3,8H,4-7H2,(H,16,18)(H,17,19). The van der Waals surface area contributed by atoms with Crippen molar-refractivity contribution in [2.24, 2.45) is 5.92 Å². The zero-order valence-electron chi connectivity index (χ0n) is 10.2. The van der Waals surface area contributed by atoms with Crippen molar-refractivity contribution < 1.29 is 14.0 Å². The van der Waals surface area contributed by atoms with Crippen molar-refractivity contribution in [1.82, 2.24) is 10.6 Å². The first-order valence-electron chi connectivity index (χ1n) is 6.09. The number of halogens is 2. The molecule has 0 aromatic heterocycles. The van der Waals surface area contributed by atoms with E-state index in [1.165, 1.54) is 18.2 Å². The molecule has 1 saturated carbocycles. The highest BCUT2D eigenvalue weighted by atomic mass is 79.9. The monoisotopic (exact) mass is 328 g/mol. The minimum atomic E-state index is -0.477. The first-order valence-corrected chi connectivity index (χ1v) is 6.89. The predicted octanol–water partition coefficient (Wildman–Crippen LogP) is 1.84. The molecule has 0 bridgehead atoms. The molecule has 4 nitrogen and oxygen atoms in total. The average Bonchev–Trinajstić information content (AvgIpc) is 3.21. The Balaban J connectivity index is 1.77. The van der Waals surface area contributed by atoms with E-state index in [2.05, 4.69) is 26.6 Å². The lowest BCUT2D eigenvalue weighted by molar-refractivity contribution is -0.122. The lowest BCUT2D eigenvalue weighted by atomic mass is 10.2. The number of hydrogen-bond acceptors (Lipinski definition) is 2. The minimum Gasteiger partial charge on any atom is -0.354 e. The molecular weight excluding hydrogens is 315 g/mol. The van der Waals surface area contributed by atoms with Gasteiger partial charge in [-0.15, -0.1) is 0 Å². The SMILES string of the molecule is O=C(NCCNC(=O)C1CC1)c1cccc(F)c1Br. The Morgan fingerprint density at radius 3 is 2.63 bits per heavy atom. The van der Waals surface area contributed by atoms with E-state index in [4.69, 9.17) is 0 Å². The zero-order chi connectivity index (χ0) is 13.8. The molecule has 0 radical (unpaired) electrons. The van der Waals surface area contributed by atoms with E-state index in [0.29, 0.717) is 13.1 Å². The summed E-state index contributed by atoms with van der Waals surface area (Å²) in [5, 5.41) is 5.37. The van der Waals surface area contributed by atoms with Crippen molar-refractivity contribution in [3.8, 4) is 0 Å². The third kappa shape index (κ3) is 3.76. The van der Waals surface area contributed by atoms with Gasteiger partial charge in [-0.25, -0.2) is 4.39 Å². The van der Waals surface area contributed by atoms with Gasteiger partial charge in [-0.1, -0.05) is 6.07 Å². The fourth-order valence-electron chi connectivity index (χ4n) is 1.63. The lowest BCUT2D eigenvalue weighted by Gasteiger charge is -2.08. The van der Waals surface area contributed by atoms with E-state index in [1.54, 1.807) is 0 Å². The first-order chi connectivity index (χ1) is 9.09. The molecule has 0 heterocycles. The number of carbonyl (C=O) groups is 2. The van der Waals surface area contributed by atoms with Crippen molar-refractivity contribution in [3.05, 3.63) is 34.1 Å². The highest BCUT2D eigenvalue weighted by molar-refractivity contribution is 9.10. The highest BCUT2D eigenvalue weighted by Crippen LogP contribution is 2.28. The Hall–Kier alpha value is -1.43. The van der Waals surface area contributed by atoms with E-state index in [9.17, 15) is 14.0 Å². The number of rotatable bonds is 5. The summed E-state index contributed by atoms with van der Waals surface area (Å²) >= 11 is 3.03. The van der Waals surface area contributed by atoms with Gasteiger partial charge in [0.2, 0.25) is 5.91 Å². The summed E-state index contributed by atoms with van der Waals surface area (Å²) in [6, 6.07) is 4.28. The highest BCUT2D eigenvalue weighted by Gasteiger charge is 2.29. The van der Waals surface area contributed by atoms with Crippen LogP contribution in [-0.2, 0) is 4.79 Å². The molecule has 0 unspecified atom stereocenters. The molecule has 2 N–H and O–H groups in total. The Kier molecular flexibility index (Phi) is 4.52. The fraction of sp³-hybridized carbons (Fsp3) is 0.385. The molecule has 0 aliphatic heterocycles. The smallest absolute Gasteiger partial charge is 0.252 e. The van der Waals surface area contributed by atoms with Gasteiger partial charge in [-0.05, 0) is 40.9 Å². The van der Waals surface area contributed by atoms with Crippen LogP contribution < -0.4 is 10.6 Å². The maximum absolute atomic E-state index is 13.2. The normalized spacial score (nSPS) is 14.0. The molecule has 2 amide bonds. The second kappa shape index (κ2) is 6.14. The maximum Gasteiger partial charge on any atom is 0.252 e. The molecule has 1 aromatic rings. The lowest BCUT2D eigenvalue weighted by Crippen LogP contribution is -2.35. The Bertz CT molecular complexity index is 503. The molecule has 0 atom stereocenters. The van der Waals surface area contributed by atoms with Gasteiger partial charge in [-0.2, -0.15) is 0 Å². The van der Waals surface area contributed by atoms with Crippen molar-refractivity contribution >= 4 is 27.7 Å². The van der Waals surface area contributed by atoms with Crippen LogP contribution in [0.4, 0.5) is 4.39 Å². The van der Waals surface area contributed by atoms with Crippen LogP contribution in [0.25, 0.3) is 0 Å². The van der Waals surface area contributed by atoms with Crippen LogP contribution in [0.2, 0.25) is 0 Å². The van der Waals surface area contributed by atoms with Gasteiger partial charge >= 0.3 is 0 Å². The summed E-state index contributed by atoms with van der Waals surface area (Å²) < 4.78 is 13.4. The van der Waals surface area contributed by atoms with Crippen LogP contribution >= 0.6 is 15.9 Å². The summed E-state index contributed by atoms with van der Waals surface area (Å²) in [6.07, 6.45) is 1.91. The second-order valence-corrected chi connectivity index (χ2v) is 5.22. The Morgan fingerprint density at radius 2 is 1.95 bits per heavy atom. The molecule has 0 saturated heterocycles. The van der Waals surface area contributed by atoms with Crippen molar-refractivity contribution in [2.45, 2.75) is 12.8 Å². The van der Waals surface area contributed by atoms with Crippen LogP contribution in [0.1, 0.15) is 23.2 Å². The van der Waals surface area contributed by atoms with Crippen LogP contribution in [0.15, 0.2) is 22.7 Å². The van der Waals surface area contributed by atoms with Gasteiger partial charge in [0.25, 0.3) is 5.91 Å². The Morgan fingerprint density at radius 1 is 1.26 bits per heavy atom.